The Morgan fingerprint density at radius 2 is 1.87 bits per heavy atom. The van der Waals surface area contributed by atoms with Gasteiger partial charge in [-0.25, -0.2) is 4.98 Å². The number of hydrogen-bond donors (Lipinski definition) is 0. The van der Waals surface area contributed by atoms with Crippen LogP contribution in [0.5, 0.6) is 0 Å². The number of thiazole rings is 1. The summed E-state index contributed by atoms with van der Waals surface area (Å²) in [5.74, 6) is 0. The molecular formula is C17H15N3O2S. The Hall–Kier alpha value is -2.73. The SMILES string of the molecule is CN(C)c1ccc(/C=C/c2nc3cc([N+](=O)[O-])ccc3s2)cc1. The molecule has 0 fully saturated rings. The van der Waals surface area contributed by atoms with E-state index in [9.17, 15) is 10.1 Å². The number of nitro groups is 1. The first kappa shape index (κ1) is 15.2. The van der Waals surface area contributed by atoms with Crippen LogP contribution in [0.1, 0.15) is 10.6 Å². The predicted octanol–water partition coefficient (Wildman–Crippen LogP) is 4.44. The predicted molar refractivity (Wildman–Crippen MR) is 96.0 cm³/mol. The van der Waals surface area contributed by atoms with Gasteiger partial charge in [0.25, 0.3) is 5.69 Å². The van der Waals surface area contributed by atoms with Gasteiger partial charge < -0.3 is 4.90 Å². The van der Waals surface area contributed by atoms with E-state index < -0.39 is 4.92 Å². The van der Waals surface area contributed by atoms with Crippen molar-refractivity contribution in [3.05, 3.63) is 63.1 Å². The zero-order valence-electron chi connectivity index (χ0n) is 12.8. The number of anilines is 1. The molecule has 1 aromatic heterocycles. The van der Waals surface area contributed by atoms with Gasteiger partial charge in [-0.3, -0.25) is 10.1 Å². The van der Waals surface area contributed by atoms with Crippen LogP contribution in [0, 0.1) is 10.1 Å². The van der Waals surface area contributed by atoms with E-state index in [2.05, 4.69) is 17.1 Å². The van der Waals surface area contributed by atoms with Gasteiger partial charge in [0.05, 0.1) is 15.1 Å². The van der Waals surface area contributed by atoms with Gasteiger partial charge in [0.15, 0.2) is 0 Å². The van der Waals surface area contributed by atoms with Crippen LogP contribution in [-0.4, -0.2) is 24.0 Å². The molecule has 3 aromatic rings. The van der Waals surface area contributed by atoms with Crippen molar-refractivity contribution in [2.75, 3.05) is 19.0 Å². The summed E-state index contributed by atoms with van der Waals surface area (Å²) in [6.45, 7) is 0. The van der Waals surface area contributed by atoms with Crippen LogP contribution in [-0.2, 0) is 0 Å². The molecule has 0 saturated carbocycles. The standard InChI is InChI=1S/C17H15N3O2S/c1-19(2)13-6-3-12(4-7-13)5-10-17-18-15-11-14(20(21)22)8-9-16(15)23-17/h3-11H,1-2H3/b10-5+. The van der Waals surface area contributed by atoms with E-state index in [0.717, 1.165) is 21.0 Å². The number of nitrogens with zero attached hydrogens (tertiary/aromatic N) is 3. The Labute approximate surface area is 137 Å². The summed E-state index contributed by atoms with van der Waals surface area (Å²) in [7, 11) is 4.01. The molecule has 0 aliphatic heterocycles. The van der Waals surface area contributed by atoms with E-state index in [1.807, 2.05) is 43.3 Å². The second-order valence-corrected chi connectivity index (χ2v) is 6.34. The van der Waals surface area contributed by atoms with E-state index >= 15 is 0 Å². The lowest BCUT2D eigenvalue weighted by Crippen LogP contribution is -2.07. The highest BCUT2D eigenvalue weighted by Crippen LogP contribution is 2.27. The van der Waals surface area contributed by atoms with Gasteiger partial charge in [-0.1, -0.05) is 18.2 Å². The topological polar surface area (TPSA) is 59.3 Å². The minimum Gasteiger partial charge on any atom is -0.378 e. The zero-order chi connectivity index (χ0) is 16.4. The molecule has 23 heavy (non-hydrogen) atoms. The second kappa shape index (κ2) is 6.18. The van der Waals surface area contributed by atoms with Gasteiger partial charge in [0, 0.05) is 31.9 Å². The molecular weight excluding hydrogens is 310 g/mol. The lowest BCUT2D eigenvalue weighted by atomic mass is 10.2. The minimum atomic E-state index is -0.402. The first-order valence-corrected chi connectivity index (χ1v) is 7.85. The summed E-state index contributed by atoms with van der Waals surface area (Å²) in [5.41, 5.74) is 2.96. The molecule has 5 nitrogen and oxygen atoms in total. The maximum Gasteiger partial charge on any atom is 0.271 e. The molecule has 0 spiro atoms. The molecule has 0 aliphatic carbocycles. The van der Waals surface area contributed by atoms with Crippen LogP contribution in [0.25, 0.3) is 22.4 Å². The number of rotatable bonds is 4. The van der Waals surface area contributed by atoms with E-state index in [1.165, 1.54) is 23.5 Å². The fourth-order valence-corrected chi connectivity index (χ4v) is 3.02. The van der Waals surface area contributed by atoms with Crippen molar-refractivity contribution in [1.29, 1.82) is 0 Å². The number of aromatic nitrogens is 1. The maximum atomic E-state index is 10.8. The average Bonchev–Trinajstić information content (AvgIpc) is 2.95. The van der Waals surface area contributed by atoms with Crippen molar-refractivity contribution >= 4 is 45.1 Å². The van der Waals surface area contributed by atoms with E-state index in [1.54, 1.807) is 6.07 Å². The Bertz CT molecular complexity index is 882. The van der Waals surface area contributed by atoms with Crippen LogP contribution in [0.4, 0.5) is 11.4 Å². The molecule has 0 atom stereocenters. The van der Waals surface area contributed by atoms with Gasteiger partial charge >= 0.3 is 0 Å². The van der Waals surface area contributed by atoms with E-state index in [0.29, 0.717) is 5.52 Å². The first-order chi connectivity index (χ1) is 11.0. The van der Waals surface area contributed by atoms with Crippen LogP contribution >= 0.6 is 11.3 Å². The molecule has 0 unspecified atom stereocenters. The van der Waals surface area contributed by atoms with Crippen molar-refractivity contribution < 1.29 is 4.92 Å². The highest BCUT2D eigenvalue weighted by atomic mass is 32.1. The summed E-state index contributed by atoms with van der Waals surface area (Å²) >= 11 is 1.52. The number of fused-ring (bicyclic) bond motifs is 1. The third kappa shape index (κ3) is 3.37. The molecule has 6 heteroatoms. The minimum absolute atomic E-state index is 0.0672. The van der Waals surface area contributed by atoms with E-state index in [4.69, 9.17) is 0 Å². The fourth-order valence-electron chi connectivity index (χ4n) is 2.17. The molecule has 116 valence electrons. The van der Waals surface area contributed by atoms with Gasteiger partial charge in [-0.2, -0.15) is 0 Å². The first-order valence-electron chi connectivity index (χ1n) is 7.03. The highest BCUT2D eigenvalue weighted by molar-refractivity contribution is 7.19. The Kier molecular flexibility index (Phi) is 4.08. The molecule has 0 saturated heterocycles. The number of hydrogen-bond acceptors (Lipinski definition) is 5. The monoisotopic (exact) mass is 325 g/mol. The van der Waals surface area contributed by atoms with Crippen molar-refractivity contribution in [2.45, 2.75) is 0 Å². The summed E-state index contributed by atoms with van der Waals surface area (Å²) < 4.78 is 0.943. The number of nitro benzene ring substituents is 1. The summed E-state index contributed by atoms with van der Waals surface area (Å²) in [6.07, 6.45) is 3.92. The lowest BCUT2D eigenvalue weighted by Gasteiger charge is -2.11. The Morgan fingerprint density at radius 3 is 2.52 bits per heavy atom. The van der Waals surface area contributed by atoms with Crippen molar-refractivity contribution in [1.82, 2.24) is 4.98 Å². The highest BCUT2D eigenvalue weighted by Gasteiger charge is 2.09. The molecule has 0 aliphatic rings. The summed E-state index contributed by atoms with van der Waals surface area (Å²) in [4.78, 5) is 16.9. The molecule has 0 amide bonds. The van der Waals surface area contributed by atoms with Gasteiger partial charge in [-0.05, 0) is 29.8 Å². The van der Waals surface area contributed by atoms with Crippen LogP contribution in [0.2, 0.25) is 0 Å². The van der Waals surface area contributed by atoms with Crippen LogP contribution < -0.4 is 4.90 Å². The van der Waals surface area contributed by atoms with Crippen LogP contribution in [0.15, 0.2) is 42.5 Å². The third-order valence-corrected chi connectivity index (χ3v) is 4.43. The average molecular weight is 325 g/mol. The Morgan fingerprint density at radius 1 is 1.13 bits per heavy atom. The normalized spacial score (nSPS) is 11.2. The lowest BCUT2D eigenvalue weighted by molar-refractivity contribution is -0.384. The maximum absolute atomic E-state index is 10.8. The van der Waals surface area contributed by atoms with Crippen molar-refractivity contribution in [2.24, 2.45) is 0 Å². The molecule has 0 N–H and O–H groups in total. The smallest absolute Gasteiger partial charge is 0.271 e. The van der Waals surface area contributed by atoms with E-state index in [-0.39, 0.29) is 5.69 Å². The molecule has 0 bridgehead atoms. The Balaban J connectivity index is 1.84. The molecule has 0 radical (unpaired) electrons. The second-order valence-electron chi connectivity index (χ2n) is 5.28. The van der Waals surface area contributed by atoms with Gasteiger partial charge in [0.1, 0.15) is 5.01 Å². The van der Waals surface area contributed by atoms with Crippen molar-refractivity contribution in [3.8, 4) is 0 Å². The summed E-state index contributed by atoms with van der Waals surface area (Å²) in [6, 6.07) is 13.0. The van der Waals surface area contributed by atoms with Gasteiger partial charge in [-0.15, -0.1) is 11.3 Å². The largest absolute Gasteiger partial charge is 0.378 e. The zero-order valence-corrected chi connectivity index (χ0v) is 13.6. The fraction of sp³-hybridized carbons (Fsp3) is 0.118. The number of benzene rings is 2. The van der Waals surface area contributed by atoms with Crippen molar-refractivity contribution in [3.63, 3.8) is 0 Å². The molecule has 1 heterocycles. The quantitative estimate of drug-likeness (QED) is 0.525. The molecule has 3 rings (SSSR count). The third-order valence-electron chi connectivity index (χ3n) is 3.43. The van der Waals surface area contributed by atoms with Gasteiger partial charge in [0.2, 0.25) is 0 Å². The van der Waals surface area contributed by atoms with Crippen LogP contribution in [0.3, 0.4) is 0 Å². The summed E-state index contributed by atoms with van der Waals surface area (Å²) in [5, 5.41) is 11.6. The molecule has 2 aromatic carbocycles. The number of non-ortho nitro benzene ring substituents is 1.